The molecule has 148 valence electrons. The van der Waals surface area contributed by atoms with Gasteiger partial charge in [-0.3, -0.25) is 14.4 Å². The summed E-state index contributed by atoms with van der Waals surface area (Å²) in [5.41, 5.74) is 0.0234. The third-order valence-electron chi connectivity index (χ3n) is 5.07. The predicted molar refractivity (Wildman–Crippen MR) is 100 cm³/mol. The van der Waals surface area contributed by atoms with Crippen molar-refractivity contribution in [3.05, 3.63) is 0 Å². The molecule has 1 saturated carbocycles. The van der Waals surface area contributed by atoms with E-state index >= 15 is 0 Å². The minimum absolute atomic E-state index is 0.00653. The molecule has 1 heterocycles. The Bertz CT molecular complexity index is 521. The lowest BCUT2D eigenvalue weighted by Crippen LogP contribution is -2.48. The van der Waals surface area contributed by atoms with Crippen molar-refractivity contribution >= 4 is 17.7 Å². The van der Waals surface area contributed by atoms with Gasteiger partial charge in [0.05, 0.1) is 6.54 Å². The summed E-state index contributed by atoms with van der Waals surface area (Å²) in [5.74, 6) is 0.119. The van der Waals surface area contributed by atoms with Gasteiger partial charge in [0.1, 0.15) is 0 Å². The second kappa shape index (κ2) is 8.84. The molecular formula is C19H34N4O3. The van der Waals surface area contributed by atoms with Crippen LogP contribution in [-0.2, 0) is 14.4 Å². The first-order chi connectivity index (χ1) is 12.2. The largest absolute Gasteiger partial charge is 0.355 e. The van der Waals surface area contributed by atoms with Crippen LogP contribution in [0.15, 0.2) is 0 Å². The van der Waals surface area contributed by atoms with Gasteiger partial charge < -0.3 is 20.4 Å². The van der Waals surface area contributed by atoms with Crippen molar-refractivity contribution in [3.8, 4) is 0 Å². The van der Waals surface area contributed by atoms with E-state index in [9.17, 15) is 14.4 Å². The van der Waals surface area contributed by atoms with E-state index in [1.807, 2.05) is 14.1 Å². The summed E-state index contributed by atoms with van der Waals surface area (Å²) in [5, 5.41) is 5.79. The molecule has 0 radical (unpaired) electrons. The fourth-order valence-corrected chi connectivity index (χ4v) is 3.54. The molecule has 1 aliphatic heterocycles. The van der Waals surface area contributed by atoms with Crippen LogP contribution in [0.25, 0.3) is 0 Å². The Kier molecular flexibility index (Phi) is 7.03. The average Bonchev–Trinajstić information content (AvgIpc) is 3.41. The van der Waals surface area contributed by atoms with E-state index in [4.69, 9.17) is 0 Å². The molecule has 7 nitrogen and oxygen atoms in total. The van der Waals surface area contributed by atoms with Crippen molar-refractivity contribution in [2.45, 2.75) is 39.5 Å². The molecule has 0 aromatic heterocycles. The van der Waals surface area contributed by atoms with Gasteiger partial charge in [-0.2, -0.15) is 0 Å². The van der Waals surface area contributed by atoms with Crippen LogP contribution in [0, 0.1) is 17.3 Å². The molecule has 0 bridgehead atoms. The zero-order valence-electron chi connectivity index (χ0n) is 16.6. The van der Waals surface area contributed by atoms with E-state index < -0.39 is 0 Å². The van der Waals surface area contributed by atoms with Gasteiger partial charge in [-0.25, -0.2) is 0 Å². The first kappa shape index (κ1) is 20.7. The van der Waals surface area contributed by atoms with Crippen molar-refractivity contribution < 1.29 is 14.4 Å². The number of nitrogens with zero attached hydrogens (tertiary/aromatic N) is 2. The molecule has 2 N–H and O–H groups in total. The molecule has 2 rings (SSSR count). The molecule has 0 aromatic carbocycles. The molecule has 1 aliphatic carbocycles. The Labute approximate surface area is 156 Å². The smallest absolute Gasteiger partial charge is 0.241 e. The van der Waals surface area contributed by atoms with Gasteiger partial charge in [-0.05, 0) is 45.2 Å². The summed E-state index contributed by atoms with van der Waals surface area (Å²) in [6.07, 6.45) is 3.24. The molecule has 2 fully saturated rings. The van der Waals surface area contributed by atoms with Gasteiger partial charge in [0.15, 0.2) is 0 Å². The maximum atomic E-state index is 12.4. The van der Waals surface area contributed by atoms with E-state index in [1.165, 1.54) is 0 Å². The summed E-state index contributed by atoms with van der Waals surface area (Å²) < 4.78 is 0. The second-order valence-corrected chi connectivity index (χ2v) is 8.77. The molecular weight excluding hydrogens is 332 g/mol. The monoisotopic (exact) mass is 366 g/mol. The fourth-order valence-electron chi connectivity index (χ4n) is 3.54. The van der Waals surface area contributed by atoms with Gasteiger partial charge in [-0.1, -0.05) is 13.8 Å². The van der Waals surface area contributed by atoms with Gasteiger partial charge >= 0.3 is 0 Å². The van der Waals surface area contributed by atoms with Crippen LogP contribution in [0.5, 0.6) is 0 Å². The quantitative estimate of drug-likeness (QED) is 0.654. The fraction of sp³-hybridized carbons (Fsp3) is 0.842. The Morgan fingerprint density at radius 2 is 1.50 bits per heavy atom. The number of likely N-dealkylation sites (tertiary alicyclic amines) is 1. The van der Waals surface area contributed by atoms with E-state index in [-0.39, 0.29) is 41.5 Å². The highest BCUT2D eigenvalue weighted by Gasteiger charge is 2.31. The van der Waals surface area contributed by atoms with Crippen LogP contribution >= 0.6 is 0 Å². The third-order valence-corrected chi connectivity index (χ3v) is 5.07. The Morgan fingerprint density at radius 1 is 0.962 bits per heavy atom. The molecule has 2 aliphatic rings. The van der Waals surface area contributed by atoms with E-state index in [0.29, 0.717) is 32.5 Å². The SMILES string of the molecule is CN(C)CC(C)(C)CNC(=O)C1CCN(C(=O)CNC(=O)C2CC2)CC1. The first-order valence-electron chi connectivity index (χ1n) is 9.66. The van der Waals surface area contributed by atoms with Gasteiger partial charge in [0, 0.05) is 38.0 Å². The van der Waals surface area contributed by atoms with Crippen LogP contribution in [0.2, 0.25) is 0 Å². The maximum absolute atomic E-state index is 12.4. The van der Waals surface area contributed by atoms with Crippen LogP contribution in [0.3, 0.4) is 0 Å². The maximum Gasteiger partial charge on any atom is 0.241 e. The Morgan fingerprint density at radius 3 is 2.04 bits per heavy atom. The second-order valence-electron chi connectivity index (χ2n) is 8.77. The zero-order valence-corrected chi connectivity index (χ0v) is 16.6. The predicted octanol–water partition coefficient (Wildman–Crippen LogP) is 0.455. The number of piperidine rings is 1. The summed E-state index contributed by atoms with van der Waals surface area (Å²) in [4.78, 5) is 40.1. The van der Waals surface area contributed by atoms with Crippen molar-refractivity contribution in [3.63, 3.8) is 0 Å². The van der Waals surface area contributed by atoms with Gasteiger partial charge in [0.2, 0.25) is 17.7 Å². The molecule has 3 amide bonds. The molecule has 0 aromatic rings. The number of carbonyl (C=O) groups excluding carboxylic acids is 3. The molecule has 0 spiro atoms. The zero-order chi connectivity index (χ0) is 19.3. The highest BCUT2D eigenvalue weighted by Crippen LogP contribution is 2.28. The lowest BCUT2D eigenvalue weighted by atomic mass is 9.91. The summed E-state index contributed by atoms with van der Waals surface area (Å²) >= 11 is 0. The summed E-state index contributed by atoms with van der Waals surface area (Å²) in [7, 11) is 4.06. The standard InChI is InChI=1S/C19H34N4O3/c1-19(2,13-22(3)4)12-21-18(26)15-7-9-23(10-8-15)16(24)11-20-17(25)14-5-6-14/h14-15H,5-13H2,1-4H3,(H,20,25)(H,21,26). The molecule has 7 heteroatoms. The number of hydrogen-bond donors (Lipinski definition) is 2. The van der Waals surface area contributed by atoms with Crippen LogP contribution in [0.4, 0.5) is 0 Å². The van der Waals surface area contributed by atoms with Crippen molar-refractivity contribution in [2.24, 2.45) is 17.3 Å². The average molecular weight is 367 g/mol. The highest BCUT2D eigenvalue weighted by molar-refractivity contribution is 5.87. The Balaban J connectivity index is 1.67. The molecule has 0 unspecified atom stereocenters. The van der Waals surface area contributed by atoms with Crippen molar-refractivity contribution in [2.75, 3.05) is 46.8 Å². The summed E-state index contributed by atoms with van der Waals surface area (Å²) in [6, 6.07) is 0. The van der Waals surface area contributed by atoms with Crippen molar-refractivity contribution in [1.82, 2.24) is 20.4 Å². The molecule has 1 saturated heterocycles. The van der Waals surface area contributed by atoms with Crippen LogP contribution < -0.4 is 10.6 Å². The van der Waals surface area contributed by atoms with Crippen LogP contribution in [0.1, 0.15) is 39.5 Å². The van der Waals surface area contributed by atoms with E-state index in [2.05, 4.69) is 29.4 Å². The normalized spacial score (nSPS) is 18.7. The van der Waals surface area contributed by atoms with Gasteiger partial charge in [-0.15, -0.1) is 0 Å². The summed E-state index contributed by atoms with van der Waals surface area (Å²) in [6.45, 7) is 7.08. The van der Waals surface area contributed by atoms with E-state index in [0.717, 1.165) is 19.4 Å². The number of nitrogens with one attached hydrogen (secondary N) is 2. The molecule has 0 atom stereocenters. The Hall–Kier alpha value is -1.63. The lowest BCUT2D eigenvalue weighted by molar-refractivity contribution is -0.136. The highest BCUT2D eigenvalue weighted by atomic mass is 16.2. The number of amides is 3. The van der Waals surface area contributed by atoms with Crippen LogP contribution in [-0.4, -0.2) is 74.3 Å². The number of rotatable bonds is 8. The molecule has 26 heavy (non-hydrogen) atoms. The van der Waals surface area contributed by atoms with E-state index in [1.54, 1.807) is 4.90 Å². The number of hydrogen-bond acceptors (Lipinski definition) is 4. The number of carbonyl (C=O) groups is 3. The van der Waals surface area contributed by atoms with Crippen molar-refractivity contribution in [1.29, 1.82) is 0 Å². The topological polar surface area (TPSA) is 81.8 Å². The lowest BCUT2D eigenvalue weighted by Gasteiger charge is -2.33. The third kappa shape index (κ3) is 6.59. The van der Waals surface area contributed by atoms with Gasteiger partial charge in [0.25, 0.3) is 0 Å². The minimum atomic E-state index is -0.0509. The minimum Gasteiger partial charge on any atom is -0.355 e. The first-order valence-corrected chi connectivity index (χ1v) is 9.66.